The number of rotatable bonds is 4. The van der Waals surface area contributed by atoms with Gasteiger partial charge in [-0.1, -0.05) is 29.8 Å². The third kappa shape index (κ3) is 3.27. The van der Waals surface area contributed by atoms with Crippen molar-refractivity contribution in [3.8, 4) is 0 Å². The quantitative estimate of drug-likeness (QED) is 0.912. The van der Waals surface area contributed by atoms with Crippen molar-refractivity contribution in [1.29, 1.82) is 0 Å². The maximum Gasteiger partial charge on any atom is 0.224 e. The van der Waals surface area contributed by atoms with Gasteiger partial charge in [0.25, 0.3) is 0 Å². The molecule has 2 aromatic rings. The number of aryl methyl sites for hydroxylation is 1. The lowest BCUT2D eigenvalue weighted by atomic mass is 9.90. The third-order valence-corrected chi connectivity index (χ3v) is 4.34. The van der Waals surface area contributed by atoms with Crippen LogP contribution in [0.2, 0.25) is 5.02 Å². The zero-order valence-corrected chi connectivity index (χ0v) is 12.5. The largest absolute Gasteiger partial charge is 0.355 e. The lowest BCUT2D eigenvalue weighted by Gasteiger charge is -2.21. The van der Waals surface area contributed by atoms with Crippen molar-refractivity contribution in [2.24, 2.45) is 0 Å². The Kier molecular flexibility index (Phi) is 4.25. The van der Waals surface area contributed by atoms with Gasteiger partial charge in [-0.3, -0.25) is 4.79 Å². The molecule has 0 saturated carbocycles. The van der Waals surface area contributed by atoms with Gasteiger partial charge in [-0.25, -0.2) is 4.98 Å². The number of imidazole rings is 1. The molecular weight excluding hydrogens is 286 g/mol. The highest BCUT2D eigenvalue weighted by molar-refractivity contribution is 6.31. The van der Waals surface area contributed by atoms with E-state index in [4.69, 9.17) is 11.6 Å². The number of hydrogen-bond donors (Lipinski definition) is 2. The average molecular weight is 304 g/mol. The SMILES string of the molecule is O=C(Cc1ccccc1Cl)NCC1CCCc2[nH]cnc21. The molecule has 1 heterocycles. The summed E-state index contributed by atoms with van der Waals surface area (Å²) < 4.78 is 0. The standard InChI is InChI=1S/C16H18ClN3O/c17-13-6-2-1-4-11(13)8-15(21)18-9-12-5-3-7-14-16(12)20-10-19-14/h1-2,4,6,10,12H,3,5,7-9H2,(H,18,21)(H,19,20). The number of hydrogen-bond acceptors (Lipinski definition) is 2. The van der Waals surface area contributed by atoms with Crippen LogP contribution in [0, 0.1) is 0 Å². The number of fused-ring (bicyclic) bond motifs is 1. The molecule has 1 aliphatic rings. The summed E-state index contributed by atoms with van der Waals surface area (Å²) in [5, 5.41) is 3.65. The molecule has 1 amide bonds. The van der Waals surface area contributed by atoms with Crippen molar-refractivity contribution in [2.75, 3.05) is 6.54 Å². The van der Waals surface area contributed by atoms with E-state index in [9.17, 15) is 4.79 Å². The number of H-pyrrole nitrogens is 1. The second-order valence-corrected chi connectivity index (χ2v) is 5.83. The Bertz CT molecular complexity index is 638. The molecule has 0 aliphatic heterocycles. The zero-order chi connectivity index (χ0) is 14.7. The van der Waals surface area contributed by atoms with Crippen LogP contribution in [0.4, 0.5) is 0 Å². The van der Waals surface area contributed by atoms with Crippen LogP contribution in [0.3, 0.4) is 0 Å². The van der Waals surface area contributed by atoms with Gasteiger partial charge >= 0.3 is 0 Å². The number of carbonyl (C=O) groups excluding carboxylic acids is 1. The first-order valence-electron chi connectivity index (χ1n) is 7.26. The molecule has 1 atom stereocenters. The van der Waals surface area contributed by atoms with Crippen LogP contribution in [0.15, 0.2) is 30.6 Å². The van der Waals surface area contributed by atoms with E-state index in [1.54, 1.807) is 12.4 Å². The number of halogens is 1. The molecule has 3 rings (SSSR count). The van der Waals surface area contributed by atoms with E-state index in [-0.39, 0.29) is 5.91 Å². The Morgan fingerprint density at radius 3 is 3.14 bits per heavy atom. The number of nitrogens with zero attached hydrogens (tertiary/aromatic N) is 1. The highest BCUT2D eigenvalue weighted by atomic mass is 35.5. The van der Waals surface area contributed by atoms with E-state index in [0.717, 1.165) is 30.5 Å². The molecule has 1 aromatic heterocycles. The molecule has 0 radical (unpaired) electrons. The van der Waals surface area contributed by atoms with Crippen molar-refractivity contribution in [2.45, 2.75) is 31.6 Å². The summed E-state index contributed by atoms with van der Waals surface area (Å²) in [6.07, 6.45) is 5.33. The van der Waals surface area contributed by atoms with E-state index >= 15 is 0 Å². The van der Waals surface area contributed by atoms with Crippen LogP contribution >= 0.6 is 11.6 Å². The maximum absolute atomic E-state index is 12.1. The summed E-state index contributed by atoms with van der Waals surface area (Å²) in [4.78, 5) is 19.6. The summed E-state index contributed by atoms with van der Waals surface area (Å²) in [6, 6.07) is 7.45. The average Bonchev–Trinajstić information content (AvgIpc) is 2.96. The summed E-state index contributed by atoms with van der Waals surface area (Å²) in [5.41, 5.74) is 3.19. The van der Waals surface area contributed by atoms with Gasteiger partial charge in [0.2, 0.25) is 5.91 Å². The summed E-state index contributed by atoms with van der Waals surface area (Å²) in [5.74, 6) is 0.320. The molecule has 2 N–H and O–H groups in total. The minimum atomic E-state index is 0.00533. The molecule has 0 saturated heterocycles. The smallest absolute Gasteiger partial charge is 0.224 e. The van der Waals surface area contributed by atoms with Gasteiger partial charge in [0, 0.05) is 23.2 Å². The zero-order valence-electron chi connectivity index (χ0n) is 11.7. The Hall–Kier alpha value is -1.81. The second-order valence-electron chi connectivity index (χ2n) is 5.43. The first-order valence-corrected chi connectivity index (χ1v) is 7.64. The molecule has 0 spiro atoms. The fraction of sp³-hybridized carbons (Fsp3) is 0.375. The first kappa shape index (κ1) is 14.1. The summed E-state index contributed by atoms with van der Waals surface area (Å²) in [6.45, 7) is 0.640. The van der Waals surface area contributed by atoms with Crippen LogP contribution in [-0.2, 0) is 17.6 Å². The molecule has 0 bridgehead atoms. The van der Waals surface area contributed by atoms with Crippen LogP contribution in [0.1, 0.15) is 35.7 Å². The van der Waals surface area contributed by atoms with Crippen LogP contribution < -0.4 is 5.32 Å². The van der Waals surface area contributed by atoms with E-state index in [1.807, 2.05) is 18.2 Å². The minimum Gasteiger partial charge on any atom is -0.355 e. The van der Waals surface area contributed by atoms with Crippen molar-refractivity contribution in [3.63, 3.8) is 0 Å². The van der Waals surface area contributed by atoms with Gasteiger partial charge in [0.05, 0.1) is 18.4 Å². The van der Waals surface area contributed by atoms with Crippen molar-refractivity contribution in [1.82, 2.24) is 15.3 Å². The van der Waals surface area contributed by atoms with E-state index < -0.39 is 0 Å². The molecule has 1 aromatic carbocycles. The maximum atomic E-state index is 12.1. The molecule has 4 nitrogen and oxygen atoms in total. The van der Waals surface area contributed by atoms with Crippen LogP contribution in [-0.4, -0.2) is 22.4 Å². The van der Waals surface area contributed by atoms with Gasteiger partial charge in [-0.2, -0.15) is 0 Å². The molecule has 0 fully saturated rings. The number of aromatic amines is 1. The Morgan fingerprint density at radius 2 is 2.29 bits per heavy atom. The van der Waals surface area contributed by atoms with Crippen molar-refractivity contribution in [3.05, 3.63) is 52.6 Å². The Labute approximate surface area is 128 Å². The molecule has 1 aliphatic carbocycles. The topological polar surface area (TPSA) is 57.8 Å². The predicted octanol–water partition coefficient (Wildman–Crippen LogP) is 2.84. The van der Waals surface area contributed by atoms with Gasteiger partial charge in [0.1, 0.15) is 0 Å². The highest BCUT2D eigenvalue weighted by Crippen LogP contribution is 2.28. The number of nitrogens with one attached hydrogen (secondary N) is 2. The number of benzene rings is 1. The normalized spacial score (nSPS) is 17.3. The monoisotopic (exact) mass is 303 g/mol. The second kappa shape index (κ2) is 6.31. The Morgan fingerprint density at radius 1 is 1.43 bits per heavy atom. The molecule has 5 heteroatoms. The molecule has 1 unspecified atom stereocenters. The fourth-order valence-electron chi connectivity index (χ4n) is 2.86. The number of aromatic nitrogens is 2. The Balaban J connectivity index is 1.57. The third-order valence-electron chi connectivity index (χ3n) is 3.97. The van der Waals surface area contributed by atoms with E-state index in [0.29, 0.717) is 23.9 Å². The summed E-state index contributed by atoms with van der Waals surface area (Å²) >= 11 is 6.08. The highest BCUT2D eigenvalue weighted by Gasteiger charge is 2.23. The molecule has 110 valence electrons. The van der Waals surface area contributed by atoms with Gasteiger partial charge in [0.15, 0.2) is 0 Å². The summed E-state index contributed by atoms with van der Waals surface area (Å²) in [7, 11) is 0. The van der Waals surface area contributed by atoms with E-state index in [1.165, 1.54) is 5.69 Å². The number of carbonyl (C=O) groups is 1. The van der Waals surface area contributed by atoms with Crippen molar-refractivity contribution >= 4 is 17.5 Å². The van der Waals surface area contributed by atoms with Crippen LogP contribution in [0.25, 0.3) is 0 Å². The minimum absolute atomic E-state index is 0.00533. The lowest BCUT2D eigenvalue weighted by molar-refractivity contribution is -0.120. The molecule has 21 heavy (non-hydrogen) atoms. The van der Waals surface area contributed by atoms with Crippen LogP contribution in [0.5, 0.6) is 0 Å². The number of amides is 1. The molecular formula is C16H18ClN3O. The van der Waals surface area contributed by atoms with E-state index in [2.05, 4.69) is 15.3 Å². The van der Waals surface area contributed by atoms with Gasteiger partial charge in [-0.15, -0.1) is 0 Å². The lowest BCUT2D eigenvalue weighted by Crippen LogP contribution is -2.31. The first-order chi connectivity index (χ1) is 10.2. The predicted molar refractivity (Wildman–Crippen MR) is 82.4 cm³/mol. The van der Waals surface area contributed by atoms with Gasteiger partial charge in [-0.05, 0) is 30.9 Å². The fourth-order valence-corrected chi connectivity index (χ4v) is 3.06. The van der Waals surface area contributed by atoms with Gasteiger partial charge < -0.3 is 10.3 Å². The van der Waals surface area contributed by atoms with Crippen molar-refractivity contribution < 1.29 is 4.79 Å².